The summed E-state index contributed by atoms with van der Waals surface area (Å²) >= 11 is 0. The van der Waals surface area contributed by atoms with Gasteiger partial charge < -0.3 is 14.6 Å². The Kier molecular flexibility index (Phi) is 5.30. The molecule has 2 heterocycles. The molecule has 2 N–H and O–H groups in total. The number of benzene rings is 1. The van der Waals surface area contributed by atoms with E-state index in [2.05, 4.69) is 41.3 Å². The molecule has 0 bridgehead atoms. The van der Waals surface area contributed by atoms with E-state index in [-0.39, 0.29) is 17.4 Å². The number of amides is 1. The van der Waals surface area contributed by atoms with Crippen LogP contribution >= 0.6 is 0 Å². The zero-order valence-electron chi connectivity index (χ0n) is 16.1. The number of carbonyl (C=O) groups excluding carboxylic acids is 1. The molecule has 2 aromatic heterocycles. The minimum absolute atomic E-state index is 0.0669. The molecule has 0 spiro atoms. The van der Waals surface area contributed by atoms with E-state index in [0.717, 1.165) is 11.3 Å². The zero-order valence-corrected chi connectivity index (χ0v) is 16.1. The van der Waals surface area contributed by atoms with Crippen LogP contribution < -0.4 is 10.1 Å². The molecule has 0 aliphatic carbocycles. The Balaban J connectivity index is 1.75. The fourth-order valence-corrected chi connectivity index (χ4v) is 2.75. The lowest BCUT2D eigenvalue weighted by molar-refractivity contribution is 0.0887. The largest absolute Gasteiger partial charge is 0.497 e. The van der Waals surface area contributed by atoms with E-state index < -0.39 is 0 Å². The number of nitrogens with zero attached hydrogens (tertiary/aromatic N) is 3. The number of rotatable bonds is 6. The van der Waals surface area contributed by atoms with Crippen molar-refractivity contribution in [1.82, 2.24) is 25.1 Å². The smallest absolute Gasteiger partial charge is 0.269 e. The Bertz CT molecular complexity index is 893. The van der Waals surface area contributed by atoms with E-state index in [9.17, 15) is 4.79 Å². The SMILES string of the molecule is COc1cccc(-c2cc(C(=O)NC(Cn3ccnc3)C(C)(C)C)[nH]n2)c1. The van der Waals surface area contributed by atoms with Crippen molar-refractivity contribution in [1.29, 1.82) is 0 Å². The van der Waals surface area contributed by atoms with Crippen molar-refractivity contribution in [3.8, 4) is 17.0 Å². The lowest BCUT2D eigenvalue weighted by Crippen LogP contribution is -2.46. The summed E-state index contributed by atoms with van der Waals surface area (Å²) in [4.78, 5) is 16.8. The van der Waals surface area contributed by atoms with Crippen molar-refractivity contribution in [3.63, 3.8) is 0 Å². The maximum atomic E-state index is 12.8. The number of aromatic amines is 1. The van der Waals surface area contributed by atoms with Crippen molar-refractivity contribution >= 4 is 5.91 Å². The van der Waals surface area contributed by atoms with Crippen LogP contribution in [-0.2, 0) is 6.54 Å². The predicted molar refractivity (Wildman–Crippen MR) is 104 cm³/mol. The summed E-state index contributed by atoms with van der Waals surface area (Å²) in [6.45, 7) is 6.95. The summed E-state index contributed by atoms with van der Waals surface area (Å²) in [7, 11) is 1.62. The molecule has 1 aromatic carbocycles. The number of hydrogen-bond acceptors (Lipinski definition) is 4. The van der Waals surface area contributed by atoms with E-state index in [1.165, 1.54) is 0 Å². The van der Waals surface area contributed by atoms with Gasteiger partial charge in [-0.15, -0.1) is 0 Å². The first-order valence-corrected chi connectivity index (χ1v) is 8.83. The third-order valence-corrected chi connectivity index (χ3v) is 4.49. The van der Waals surface area contributed by atoms with Crippen molar-refractivity contribution in [3.05, 3.63) is 54.7 Å². The monoisotopic (exact) mass is 367 g/mol. The third-order valence-electron chi connectivity index (χ3n) is 4.49. The molecular formula is C20H25N5O2. The van der Waals surface area contributed by atoms with Crippen LogP contribution in [0.25, 0.3) is 11.3 Å². The molecule has 1 amide bonds. The molecule has 7 heteroatoms. The Morgan fingerprint density at radius 1 is 1.33 bits per heavy atom. The molecule has 3 aromatic rings. The maximum Gasteiger partial charge on any atom is 0.269 e. The lowest BCUT2D eigenvalue weighted by Gasteiger charge is -2.31. The molecule has 0 fully saturated rings. The Morgan fingerprint density at radius 3 is 2.81 bits per heavy atom. The van der Waals surface area contributed by atoms with E-state index in [0.29, 0.717) is 17.9 Å². The van der Waals surface area contributed by atoms with Gasteiger partial charge in [0.2, 0.25) is 0 Å². The van der Waals surface area contributed by atoms with Crippen LogP contribution in [0, 0.1) is 5.41 Å². The predicted octanol–water partition coefficient (Wildman–Crippen LogP) is 3.13. The number of ether oxygens (including phenoxy) is 1. The number of methoxy groups -OCH3 is 1. The second-order valence-corrected chi connectivity index (χ2v) is 7.55. The molecule has 0 radical (unpaired) electrons. The van der Waals surface area contributed by atoms with Gasteiger partial charge in [-0.05, 0) is 23.6 Å². The molecule has 7 nitrogen and oxygen atoms in total. The minimum atomic E-state index is -0.184. The summed E-state index contributed by atoms with van der Waals surface area (Å²) in [6, 6.07) is 9.26. The first-order chi connectivity index (χ1) is 12.9. The van der Waals surface area contributed by atoms with Crippen LogP contribution in [0.4, 0.5) is 0 Å². The Hall–Kier alpha value is -3.09. The van der Waals surface area contributed by atoms with E-state index in [1.54, 1.807) is 25.7 Å². The van der Waals surface area contributed by atoms with Gasteiger partial charge in [0.25, 0.3) is 5.91 Å². The summed E-state index contributed by atoms with van der Waals surface area (Å²) < 4.78 is 7.21. The Morgan fingerprint density at radius 2 is 2.15 bits per heavy atom. The molecule has 142 valence electrons. The molecule has 27 heavy (non-hydrogen) atoms. The second-order valence-electron chi connectivity index (χ2n) is 7.55. The zero-order chi connectivity index (χ0) is 19.4. The number of nitrogens with one attached hydrogen (secondary N) is 2. The molecule has 0 saturated carbocycles. The number of carbonyl (C=O) groups is 1. The lowest BCUT2D eigenvalue weighted by atomic mass is 9.86. The average Bonchev–Trinajstić information content (AvgIpc) is 3.32. The van der Waals surface area contributed by atoms with Gasteiger partial charge >= 0.3 is 0 Å². The summed E-state index contributed by atoms with van der Waals surface area (Å²) in [5.74, 6) is 0.561. The number of aromatic nitrogens is 4. The molecule has 1 unspecified atom stereocenters. The topological polar surface area (TPSA) is 84.8 Å². The van der Waals surface area contributed by atoms with Gasteiger partial charge in [-0.1, -0.05) is 32.9 Å². The van der Waals surface area contributed by atoms with Crippen LogP contribution in [-0.4, -0.2) is 38.8 Å². The Labute approximate surface area is 158 Å². The molecule has 0 aliphatic heterocycles. The van der Waals surface area contributed by atoms with Crippen LogP contribution in [0.1, 0.15) is 31.3 Å². The van der Waals surface area contributed by atoms with Crippen LogP contribution in [0.2, 0.25) is 0 Å². The highest BCUT2D eigenvalue weighted by molar-refractivity contribution is 5.93. The van der Waals surface area contributed by atoms with Crippen LogP contribution in [0.15, 0.2) is 49.1 Å². The molecule has 0 saturated heterocycles. The molecule has 0 aliphatic rings. The van der Waals surface area contributed by atoms with E-state index in [4.69, 9.17) is 4.74 Å². The van der Waals surface area contributed by atoms with Crippen molar-refractivity contribution in [2.45, 2.75) is 33.4 Å². The summed E-state index contributed by atoms with van der Waals surface area (Å²) in [5, 5.41) is 10.2. The van der Waals surface area contributed by atoms with Gasteiger partial charge in [0.15, 0.2) is 0 Å². The normalized spacial score (nSPS) is 12.6. The molecule has 1 atom stereocenters. The highest BCUT2D eigenvalue weighted by Gasteiger charge is 2.27. The van der Waals surface area contributed by atoms with E-state index in [1.807, 2.05) is 35.0 Å². The van der Waals surface area contributed by atoms with Gasteiger partial charge in [-0.2, -0.15) is 5.10 Å². The van der Waals surface area contributed by atoms with Crippen molar-refractivity contribution in [2.24, 2.45) is 5.41 Å². The van der Waals surface area contributed by atoms with Gasteiger partial charge in [0, 0.05) is 24.5 Å². The second kappa shape index (κ2) is 7.65. The van der Waals surface area contributed by atoms with Gasteiger partial charge in [0.1, 0.15) is 11.4 Å². The fourth-order valence-electron chi connectivity index (χ4n) is 2.75. The van der Waals surface area contributed by atoms with Crippen molar-refractivity contribution < 1.29 is 9.53 Å². The first-order valence-electron chi connectivity index (χ1n) is 8.83. The van der Waals surface area contributed by atoms with E-state index >= 15 is 0 Å². The number of imidazole rings is 1. The maximum absolute atomic E-state index is 12.8. The molecular weight excluding hydrogens is 342 g/mol. The fraction of sp³-hybridized carbons (Fsp3) is 0.350. The average molecular weight is 367 g/mol. The van der Waals surface area contributed by atoms with Crippen molar-refractivity contribution in [2.75, 3.05) is 7.11 Å². The molecule has 3 rings (SSSR count). The third kappa shape index (κ3) is 4.55. The van der Waals surface area contributed by atoms with Gasteiger partial charge in [-0.25, -0.2) is 4.98 Å². The van der Waals surface area contributed by atoms with Crippen LogP contribution in [0.3, 0.4) is 0 Å². The first kappa shape index (κ1) is 18.7. The van der Waals surface area contributed by atoms with Gasteiger partial charge in [-0.3, -0.25) is 9.89 Å². The summed E-state index contributed by atoms with van der Waals surface area (Å²) in [5.41, 5.74) is 1.89. The minimum Gasteiger partial charge on any atom is -0.497 e. The summed E-state index contributed by atoms with van der Waals surface area (Å²) in [6.07, 6.45) is 5.38. The highest BCUT2D eigenvalue weighted by Crippen LogP contribution is 2.24. The highest BCUT2D eigenvalue weighted by atomic mass is 16.5. The quantitative estimate of drug-likeness (QED) is 0.701. The number of H-pyrrole nitrogens is 1. The standard InChI is InChI=1S/C20H25N5O2/c1-20(2,3)18(12-25-9-8-21-13-25)22-19(26)17-11-16(23-24-17)14-6-5-7-15(10-14)27-4/h5-11,13,18H,12H2,1-4H3,(H,22,26)(H,23,24). The van der Waals surface area contributed by atoms with Gasteiger partial charge in [0.05, 0.1) is 25.2 Å². The number of hydrogen-bond donors (Lipinski definition) is 2. The van der Waals surface area contributed by atoms with Crippen LogP contribution in [0.5, 0.6) is 5.75 Å².